The van der Waals surface area contributed by atoms with Crippen LogP contribution < -0.4 is 36.0 Å². The number of fused-ring (bicyclic) bond motifs is 4. The van der Waals surface area contributed by atoms with Crippen molar-refractivity contribution in [2.24, 2.45) is 0 Å². The predicted molar refractivity (Wildman–Crippen MR) is 189 cm³/mol. The third-order valence-electron chi connectivity index (χ3n) is 9.40. The second kappa shape index (κ2) is 9.99. The zero-order valence-corrected chi connectivity index (χ0v) is 25.5. The van der Waals surface area contributed by atoms with Crippen molar-refractivity contribution in [1.29, 1.82) is 0 Å². The Kier molecular flexibility index (Phi) is 5.75. The van der Waals surface area contributed by atoms with Crippen molar-refractivity contribution in [1.82, 2.24) is 9.80 Å². The van der Waals surface area contributed by atoms with E-state index >= 15 is 0 Å². The van der Waals surface area contributed by atoms with Gasteiger partial charge in [-0.25, -0.2) is 0 Å². The van der Waals surface area contributed by atoms with Crippen molar-refractivity contribution in [2.45, 2.75) is 0 Å². The summed E-state index contributed by atoms with van der Waals surface area (Å²) in [7, 11) is 4.24. The molecule has 7 heteroatoms. The minimum absolute atomic E-state index is 0.0645. The average Bonchev–Trinajstić information content (AvgIpc) is 3.73. The highest BCUT2D eigenvalue weighted by Gasteiger charge is 2.43. The Bertz CT molecular complexity index is 1850. The Balaban J connectivity index is 1.33. The molecule has 5 aromatic carbocycles. The number of rotatable bonds is 4. The Morgan fingerprint density at radius 1 is 0.444 bits per heavy atom. The minimum atomic E-state index is 0.0645. The lowest BCUT2D eigenvalue weighted by Crippen LogP contribution is -2.61. The summed E-state index contributed by atoms with van der Waals surface area (Å²) in [5.74, 6) is 0. The summed E-state index contributed by atoms with van der Waals surface area (Å²) in [4.78, 5) is 14.0. The molecular weight excluding hydrogens is 551 g/mol. The quantitative estimate of drug-likeness (QED) is 0.230. The van der Waals surface area contributed by atoms with Gasteiger partial charge < -0.3 is 29.4 Å². The Labute approximate surface area is 265 Å². The fourth-order valence-corrected chi connectivity index (χ4v) is 7.38. The molecule has 218 valence electrons. The van der Waals surface area contributed by atoms with Gasteiger partial charge in [0.1, 0.15) is 0 Å². The predicted octanol–water partition coefficient (Wildman–Crippen LogP) is 6.13. The van der Waals surface area contributed by atoms with E-state index in [1.165, 1.54) is 50.5 Å². The highest BCUT2D eigenvalue weighted by molar-refractivity contribution is 7.00. The van der Waals surface area contributed by atoms with E-state index in [2.05, 4.69) is 184 Å². The van der Waals surface area contributed by atoms with Crippen LogP contribution in [0.1, 0.15) is 0 Å². The van der Waals surface area contributed by atoms with E-state index in [0.717, 1.165) is 24.7 Å². The molecule has 0 aromatic heterocycles. The van der Waals surface area contributed by atoms with Gasteiger partial charge in [0.05, 0.1) is 13.3 Å². The highest BCUT2D eigenvalue weighted by Crippen LogP contribution is 2.44. The summed E-state index contributed by atoms with van der Waals surface area (Å²) in [5, 5.41) is 0. The molecule has 0 aliphatic carbocycles. The molecule has 0 radical (unpaired) electrons. The van der Waals surface area contributed by atoms with Crippen molar-refractivity contribution in [3.8, 4) is 0 Å². The van der Waals surface area contributed by atoms with E-state index in [0.29, 0.717) is 0 Å². The Hall–Kier alpha value is -5.56. The van der Waals surface area contributed by atoms with Crippen LogP contribution >= 0.6 is 0 Å². The van der Waals surface area contributed by atoms with Crippen molar-refractivity contribution in [2.75, 3.05) is 47.0 Å². The van der Waals surface area contributed by atoms with Gasteiger partial charge in [-0.15, -0.1) is 0 Å². The Morgan fingerprint density at radius 2 is 0.911 bits per heavy atom. The first-order valence-electron chi connectivity index (χ1n) is 15.6. The zero-order valence-electron chi connectivity index (χ0n) is 25.5. The average molecular weight is 585 g/mol. The summed E-state index contributed by atoms with van der Waals surface area (Å²) >= 11 is 0. The van der Waals surface area contributed by atoms with Crippen molar-refractivity contribution < 1.29 is 0 Å². The highest BCUT2D eigenvalue weighted by atomic mass is 15.3. The number of anilines is 8. The van der Waals surface area contributed by atoms with Crippen LogP contribution in [0.15, 0.2) is 140 Å². The molecule has 45 heavy (non-hydrogen) atoms. The second-order valence-electron chi connectivity index (χ2n) is 12.3. The van der Waals surface area contributed by atoms with Gasteiger partial charge in [0.2, 0.25) is 0 Å². The molecule has 0 saturated heterocycles. The Morgan fingerprint density at radius 3 is 1.33 bits per heavy atom. The van der Waals surface area contributed by atoms with Crippen molar-refractivity contribution in [3.63, 3.8) is 0 Å². The van der Waals surface area contributed by atoms with Gasteiger partial charge in [-0.3, -0.25) is 0 Å². The van der Waals surface area contributed by atoms with Crippen LogP contribution in [0.3, 0.4) is 0 Å². The third-order valence-corrected chi connectivity index (χ3v) is 9.40. The molecule has 0 unspecified atom stereocenters. The van der Waals surface area contributed by atoms with Gasteiger partial charge in [0, 0.05) is 84.4 Å². The molecule has 6 nitrogen and oxygen atoms in total. The monoisotopic (exact) mass is 584 g/mol. The fourth-order valence-electron chi connectivity index (χ4n) is 7.38. The topological polar surface area (TPSA) is 19.4 Å². The maximum atomic E-state index is 2.45. The van der Waals surface area contributed by atoms with Crippen LogP contribution in [0, 0.1) is 0 Å². The lowest BCUT2D eigenvalue weighted by atomic mass is 9.33. The van der Waals surface area contributed by atoms with Crippen LogP contribution in [0.25, 0.3) is 0 Å². The van der Waals surface area contributed by atoms with E-state index in [-0.39, 0.29) is 6.71 Å². The first kappa shape index (κ1) is 25.9. The van der Waals surface area contributed by atoms with Gasteiger partial charge in [-0.1, -0.05) is 42.5 Å². The molecule has 4 heterocycles. The SMILES string of the molecule is CN1C=CN(c2ccc3c(c2)B2c4cc(N5C=CN(C)C5)ccc4N(c4ccccc4)c4cccc(c42)N3c2ccccc2)C1. The van der Waals surface area contributed by atoms with Gasteiger partial charge in [0.25, 0.3) is 6.71 Å². The molecular formula is C38H33BN6. The molecule has 9 rings (SSSR count). The number of hydrogen-bond donors (Lipinski definition) is 0. The van der Waals surface area contributed by atoms with E-state index < -0.39 is 0 Å². The van der Waals surface area contributed by atoms with Gasteiger partial charge >= 0.3 is 0 Å². The van der Waals surface area contributed by atoms with Gasteiger partial charge in [-0.2, -0.15) is 0 Å². The second-order valence-corrected chi connectivity index (χ2v) is 12.3. The summed E-state index contributed by atoms with van der Waals surface area (Å²) in [6.07, 6.45) is 8.64. The van der Waals surface area contributed by atoms with Gasteiger partial charge in [-0.05, 0) is 89.2 Å². The number of nitrogens with zero attached hydrogens (tertiary/aromatic N) is 6. The number of benzene rings is 5. The molecule has 5 aromatic rings. The van der Waals surface area contributed by atoms with Crippen molar-refractivity contribution >= 4 is 68.6 Å². The molecule has 0 amide bonds. The summed E-state index contributed by atoms with van der Waals surface area (Å²) in [6.45, 7) is 1.74. The van der Waals surface area contributed by atoms with Crippen LogP contribution in [-0.2, 0) is 0 Å². The van der Waals surface area contributed by atoms with Crippen LogP contribution in [0.4, 0.5) is 45.5 Å². The first-order chi connectivity index (χ1) is 22.1. The summed E-state index contributed by atoms with van der Waals surface area (Å²) in [6, 6.07) is 42.4. The minimum Gasteiger partial charge on any atom is -0.361 e. The number of hydrogen-bond acceptors (Lipinski definition) is 6. The van der Waals surface area contributed by atoms with E-state index in [1.807, 2.05) is 0 Å². The molecule has 0 atom stereocenters. The molecule has 0 bridgehead atoms. The lowest BCUT2D eigenvalue weighted by molar-refractivity contribution is 0.496. The molecule has 0 N–H and O–H groups in total. The van der Waals surface area contributed by atoms with E-state index in [1.54, 1.807) is 0 Å². The lowest BCUT2D eigenvalue weighted by Gasteiger charge is -2.44. The first-order valence-corrected chi connectivity index (χ1v) is 15.6. The van der Waals surface area contributed by atoms with Crippen LogP contribution in [-0.4, -0.2) is 43.9 Å². The summed E-state index contributed by atoms with van der Waals surface area (Å²) in [5.41, 5.74) is 13.6. The standard InChI is InChI=1S/C38H33BN6/c1-40-20-22-42(26-40)30-16-18-34-32(24-30)39-33-25-31(43-23-21-41(2)27-43)17-19-35(33)45(29-12-7-4-8-13-29)37-15-9-14-36(38(37)39)44(34)28-10-5-3-6-11-28/h3-25H,26-27H2,1-2H3. The summed E-state index contributed by atoms with van der Waals surface area (Å²) < 4.78 is 0. The maximum Gasteiger partial charge on any atom is 0.252 e. The van der Waals surface area contributed by atoms with E-state index in [9.17, 15) is 0 Å². The van der Waals surface area contributed by atoms with Crippen molar-refractivity contribution in [3.05, 3.63) is 140 Å². The zero-order chi connectivity index (χ0) is 30.1. The van der Waals surface area contributed by atoms with Crippen LogP contribution in [0.2, 0.25) is 0 Å². The van der Waals surface area contributed by atoms with Gasteiger partial charge in [0.15, 0.2) is 0 Å². The molecule has 4 aliphatic rings. The largest absolute Gasteiger partial charge is 0.361 e. The third kappa shape index (κ3) is 4.04. The molecule has 0 fully saturated rings. The number of para-hydroxylation sites is 2. The van der Waals surface area contributed by atoms with E-state index in [4.69, 9.17) is 0 Å². The molecule has 0 saturated carbocycles. The maximum absolute atomic E-state index is 2.45. The molecule has 4 aliphatic heterocycles. The van der Waals surface area contributed by atoms with Crippen LogP contribution in [0.5, 0.6) is 0 Å². The molecule has 0 spiro atoms. The smallest absolute Gasteiger partial charge is 0.252 e. The normalized spacial score (nSPS) is 16.0. The fraction of sp³-hybridized carbons (Fsp3) is 0.105.